The van der Waals surface area contributed by atoms with Crippen molar-refractivity contribution >= 4 is 112 Å². The van der Waals surface area contributed by atoms with Crippen molar-refractivity contribution in [1.29, 1.82) is 0 Å². The van der Waals surface area contributed by atoms with Crippen LogP contribution in [0.2, 0.25) is 0 Å². The monoisotopic (exact) mass is 1230 g/mol. The third-order valence-electron chi connectivity index (χ3n) is 16.0. The SMILES string of the molecule is CC1=[N+](CCCCCC(=O)NCC(CCCCCC(=O)O)CNC(=O)CCCCCC2(C)C(C)=[N+](CCCS(C)(=O)=O)c3ccc4c(S(=O)(=O)O)cc(S(=O)(=O)O)cc4c32)c2ccc3c(S(=O)(=O)O)cc(S(=O)(=O)O)cc3c2C1(C)C. The zero-order valence-electron chi connectivity index (χ0n) is 46.3. The lowest BCUT2D eigenvalue weighted by molar-refractivity contribution is -0.439. The van der Waals surface area contributed by atoms with Crippen LogP contribution in [0.4, 0.5) is 11.4 Å². The van der Waals surface area contributed by atoms with E-state index >= 15 is 0 Å². The molecule has 2 unspecified atom stereocenters. The van der Waals surface area contributed by atoms with Crippen molar-refractivity contribution in [2.45, 2.75) is 161 Å². The Balaban J connectivity index is 1.04. The standard InChI is InChI=1S/C54H72N4O18S5/c1-35-53(3,4)51-42-29-38(78(65,66)67)31-46(80(71,72)73)40(42)21-23-44(51)57(35)26-15-9-12-19-49(60)56-34-37(17-10-7-13-20-50(61)62)33-55-48(59)18-11-8-14-25-54(5)36(2)58(27-16-28-77(6,63)64)45-24-22-41-43(52(45)54)30-39(79(68,69)70)32-47(41)81(74,75)76/h21-24,29-32,37H,7-20,25-28,33-34H2,1-6H3,(H5-2,55,56,59,60,61,62,65,66,67,68,69,70,71,72,73,74,75,76)/p+2. The van der Waals surface area contributed by atoms with Gasteiger partial charge in [-0.05, 0) is 112 Å². The van der Waals surface area contributed by atoms with Gasteiger partial charge < -0.3 is 15.7 Å². The quantitative estimate of drug-likeness (QED) is 0.0153. The fraction of sp³-hybridized carbons (Fsp3) is 0.537. The van der Waals surface area contributed by atoms with E-state index in [0.29, 0.717) is 106 Å². The highest BCUT2D eigenvalue weighted by Gasteiger charge is 2.48. The van der Waals surface area contributed by atoms with Crippen LogP contribution in [-0.2, 0) is 75.5 Å². The molecule has 446 valence electrons. The number of carboxylic acids is 1. The normalized spacial score (nSPS) is 17.0. The lowest BCUT2D eigenvalue weighted by Gasteiger charge is -2.24. The highest BCUT2D eigenvalue weighted by Crippen LogP contribution is 2.49. The topological polar surface area (TPSA) is 353 Å². The van der Waals surface area contributed by atoms with Gasteiger partial charge in [-0.3, -0.25) is 32.6 Å². The Labute approximate surface area is 474 Å². The van der Waals surface area contributed by atoms with Gasteiger partial charge in [-0.25, -0.2) is 8.42 Å². The number of hydrogen-bond acceptors (Lipinski definition) is 13. The van der Waals surface area contributed by atoms with Crippen molar-refractivity contribution in [1.82, 2.24) is 10.6 Å². The molecule has 0 aliphatic carbocycles. The lowest BCUT2D eigenvalue weighted by Crippen LogP contribution is -2.36. The Morgan fingerprint density at radius 2 is 0.975 bits per heavy atom. The second kappa shape index (κ2) is 25.3. The molecule has 2 aliphatic heterocycles. The molecule has 27 heteroatoms. The van der Waals surface area contributed by atoms with Crippen molar-refractivity contribution in [2.24, 2.45) is 5.92 Å². The van der Waals surface area contributed by atoms with E-state index in [1.807, 2.05) is 39.2 Å². The molecule has 2 aliphatic rings. The number of carboxylic acid groups (broad SMARTS) is 1. The maximum absolute atomic E-state index is 13.3. The van der Waals surface area contributed by atoms with Gasteiger partial charge in [0.15, 0.2) is 11.4 Å². The van der Waals surface area contributed by atoms with E-state index in [9.17, 15) is 74.7 Å². The molecule has 7 N–H and O–H groups in total. The van der Waals surface area contributed by atoms with Gasteiger partial charge >= 0.3 is 5.97 Å². The third kappa shape index (κ3) is 15.7. The Hall–Kier alpha value is -5.26. The number of hydrogen-bond donors (Lipinski definition) is 7. The average Bonchev–Trinajstić information content (AvgIpc) is 3.94. The summed E-state index contributed by atoms with van der Waals surface area (Å²) in [6.45, 7) is 10.8. The summed E-state index contributed by atoms with van der Waals surface area (Å²) < 4.78 is 167. The molecule has 0 aromatic heterocycles. The zero-order valence-corrected chi connectivity index (χ0v) is 50.4. The predicted octanol–water partition coefficient (Wildman–Crippen LogP) is 7.28. The number of nitrogens with zero attached hydrogens (tertiary/aromatic N) is 2. The number of aliphatic carboxylic acids is 1. The largest absolute Gasteiger partial charge is 0.481 e. The van der Waals surface area contributed by atoms with Crippen molar-refractivity contribution < 1.29 is 88.9 Å². The fourth-order valence-corrected chi connectivity index (χ4v) is 14.7. The van der Waals surface area contributed by atoms with Crippen LogP contribution in [0.5, 0.6) is 0 Å². The van der Waals surface area contributed by atoms with Crippen LogP contribution in [0.25, 0.3) is 21.5 Å². The molecule has 2 heterocycles. The highest BCUT2D eigenvalue weighted by molar-refractivity contribution is 7.90. The molecule has 0 fully saturated rings. The molecule has 22 nitrogen and oxygen atoms in total. The summed E-state index contributed by atoms with van der Waals surface area (Å²) in [5.41, 5.74) is 2.56. The molecule has 0 radical (unpaired) electrons. The molecule has 4 aromatic carbocycles. The van der Waals surface area contributed by atoms with E-state index < -0.39 is 86.7 Å². The van der Waals surface area contributed by atoms with Gasteiger partial charge in [0, 0.05) is 99.3 Å². The molecule has 6 rings (SSSR count). The summed E-state index contributed by atoms with van der Waals surface area (Å²) in [5, 5.41) is 15.6. The molecule has 4 aromatic rings. The number of nitrogens with one attached hydrogen (secondary N) is 2. The van der Waals surface area contributed by atoms with E-state index in [1.54, 1.807) is 12.1 Å². The smallest absolute Gasteiger partial charge is 0.303 e. The van der Waals surface area contributed by atoms with Gasteiger partial charge in [0.2, 0.25) is 23.2 Å². The molecular formula is C54H74N4O18S5+2. The molecule has 81 heavy (non-hydrogen) atoms. The molecule has 0 bridgehead atoms. The Morgan fingerprint density at radius 1 is 0.531 bits per heavy atom. The predicted molar refractivity (Wildman–Crippen MR) is 305 cm³/mol. The number of carbonyl (C=O) groups excluding carboxylic acids is 2. The van der Waals surface area contributed by atoms with E-state index in [2.05, 4.69) is 15.2 Å². The first-order chi connectivity index (χ1) is 37.5. The Bertz CT molecular complexity index is 3800. The lowest BCUT2D eigenvalue weighted by atomic mass is 9.74. The second-order valence-corrected chi connectivity index (χ2v) is 30.0. The minimum atomic E-state index is -4.98. The molecule has 0 saturated carbocycles. The van der Waals surface area contributed by atoms with Crippen LogP contribution < -0.4 is 10.6 Å². The second-order valence-electron chi connectivity index (χ2n) is 22.1. The number of carbonyl (C=O) groups is 3. The van der Waals surface area contributed by atoms with E-state index in [-0.39, 0.29) is 90.3 Å². The number of fused-ring (bicyclic) bond motifs is 6. The molecule has 0 spiro atoms. The molecule has 2 amide bonds. The van der Waals surface area contributed by atoms with E-state index in [0.717, 1.165) is 23.7 Å². The Morgan fingerprint density at radius 3 is 1.46 bits per heavy atom. The van der Waals surface area contributed by atoms with Gasteiger partial charge in [0.25, 0.3) is 40.5 Å². The molecule has 2 atom stereocenters. The maximum atomic E-state index is 13.3. The molecule has 0 saturated heterocycles. The summed E-state index contributed by atoms with van der Waals surface area (Å²) in [6, 6.07) is 10.1. The van der Waals surface area contributed by atoms with Gasteiger partial charge in [0.1, 0.15) is 32.7 Å². The van der Waals surface area contributed by atoms with Crippen LogP contribution in [0, 0.1) is 5.92 Å². The summed E-state index contributed by atoms with van der Waals surface area (Å²) in [5.74, 6) is -1.56. The van der Waals surface area contributed by atoms with Gasteiger partial charge in [-0.1, -0.05) is 25.7 Å². The van der Waals surface area contributed by atoms with E-state index in [1.165, 1.54) is 24.3 Å². The summed E-state index contributed by atoms with van der Waals surface area (Å²) in [4.78, 5) is 34.8. The van der Waals surface area contributed by atoms with Crippen LogP contribution in [-0.4, -0.2) is 142 Å². The third-order valence-corrected chi connectivity index (χ3v) is 20.4. The number of sulfone groups is 1. The van der Waals surface area contributed by atoms with E-state index in [4.69, 9.17) is 5.11 Å². The van der Waals surface area contributed by atoms with Crippen molar-refractivity contribution in [3.63, 3.8) is 0 Å². The highest BCUT2D eigenvalue weighted by atomic mass is 32.2. The zero-order chi connectivity index (χ0) is 60.3. The van der Waals surface area contributed by atoms with Crippen LogP contribution in [0.1, 0.15) is 142 Å². The minimum absolute atomic E-state index is 0.0257. The van der Waals surface area contributed by atoms with Crippen LogP contribution in [0.3, 0.4) is 0 Å². The first-order valence-corrected chi connectivity index (χ1v) is 34.6. The number of benzene rings is 4. The Kier molecular flexibility index (Phi) is 20.3. The van der Waals surface area contributed by atoms with Gasteiger partial charge in [-0.15, -0.1) is 0 Å². The van der Waals surface area contributed by atoms with Crippen molar-refractivity contribution in [3.05, 3.63) is 59.7 Å². The van der Waals surface area contributed by atoms with Gasteiger partial charge in [0.05, 0.1) is 26.4 Å². The number of unbranched alkanes of at least 4 members (excludes halogenated alkanes) is 6. The summed E-state index contributed by atoms with van der Waals surface area (Å²) >= 11 is 0. The number of amides is 2. The number of rotatable bonds is 30. The maximum Gasteiger partial charge on any atom is 0.303 e. The first-order valence-electron chi connectivity index (χ1n) is 26.8. The minimum Gasteiger partial charge on any atom is -0.481 e. The van der Waals surface area contributed by atoms with Crippen LogP contribution in [0.15, 0.2) is 68.1 Å². The molecular weight excluding hydrogens is 1150 g/mol. The fourth-order valence-electron chi connectivity index (χ4n) is 11.4. The van der Waals surface area contributed by atoms with Crippen molar-refractivity contribution in [2.75, 3.05) is 38.2 Å². The van der Waals surface area contributed by atoms with Crippen molar-refractivity contribution in [3.8, 4) is 0 Å². The van der Waals surface area contributed by atoms with Crippen LogP contribution >= 0.6 is 0 Å². The van der Waals surface area contributed by atoms with Gasteiger partial charge in [-0.2, -0.15) is 42.8 Å². The average molecular weight is 1230 g/mol. The first kappa shape index (κ1) is 64.9. The summed E-state index contributed by atoms with van der Waals surface area (Å²) in [6.07, 6.45) is 8.10. The summed E-state index contributed by atoms with van der Waals surface area (Å²) in [7, 11) is -23.0.